The van der Waals surface area contributed by atoms with Crippen LogP contribution in [0.25, 0.3) is 0 Å². The Morgan fingerprint density at radius 3 is 2.44 bits per heavy atom. The maximum atomic E-state index is 12.5. The molecule has 10 nitrogen and oxygen atoms in total. The summed E-state index contributed by atoms with van der Waals surface area (Å²) in [5.74, 6) is -2.94. The molecular formula is C17H16N4O6. The van der Waals surface area contributed by atoms with E-state index in [0.717, 1.165) is 13.0 Å². The van der Waals surface area contributed by atoms with Crippen LogP contribution in [-0.2, 0) is 14.4 Å². The first-order valence-corrected chi connectivity index (χ1v) is 7.58. The smallest absolute Gasteiger partial charge is 0.323 e. The molecule has 3 N–H and O–H groups in total. The minimum absolute atomic E-state index is 0.0823. The fraction of sp³-hybridized carbons (Fsp3) is 0.118. The Morgan fingerprint density at radius 2 is 1.89 bits per heavy atom. The monoisotopic (exact) mass is 372 g/mol. The van der Waals surface area contributed by atoms with Gasteiger partial charge in [-0.1, -0.05) is 6.07 Å². The first-order valence-electron chi connectivity index (χ1n) is 7.58. The molecule has 2 aromatic carbocycles. The van der Waals surface area contributed by atoms with Gasteiger partial charge in [-0.25, -0.2) is 4.90 Å². The number of non-ortho nitro benzene ring substituents is 1. The van der Waals surface area contributed by atoms with Crippen molar-refractivity contribution in [3.05, 3.63) is 52.6 Å². The Hall–Kier alpha value is -3.95. The van der Waals surface area contributed by atoms with Crippen molar-refractivity contribution in [3.63, 3.8) is 0 Å². The molecule has 0 bridgehead atoms. The molecule has 0 fully saturated rings. The molecule has 0 aliphatic rings. The molecule has 10 heteroatoms. The zero-order valence-corrected chi connectivity index (χ0v) is 14.5. The van der Waals surface area contributed by atoms with E-state index in [2.05, 4.69) is 5.32 Å². The molecule has 140 valence electrons. The number of rotatable bonds is 4. The topological polar surface area (TPSA) is 145 Å². The summed E-state index contributed by atoms with van der Waals surface area (Å²) in [6.07, 6.45) is 0. The number of methoxy groups -OCH3 is 1. The average molecular weight is 372 g/mol. The minimum atomic E-state index is -1.18. The van der Waals surface area contributed by atoms with Crippen molar-refractivity contribution < 1.29 is 24.0 Å². The van der Waals surface area contributed by atoms with Gasteiger partial charge in [0.05, 0.1) is 23.4 Å². The van der Waals surface area contributed by atoms with Crippen molar-refractivity contribution in [2.24, 2.45) is 0 Å². The van der Waals surface area contributed by atoms with E-state index in [1.165, 1.54) is 37.4 Å². The van der Waals surface area contributed by atoms with E-state index in [1.807, 2.05) is 0 Å². The van der Waals surface area contributed by atoms with Gasteiger partial charge in [-0.2, -0.15) is 0 Å². The van der Waals surface area contributed by atoms with Gasteiger partial charge in [0.1, 0.15) is 5.75 Å². The standard InChI is InChI=1S/C17H16N4O6/c1-10(22)20(12-5-3-4-11(18)8-12)17(24)16(23)19-14-9-13(21(25)26)6-7-15(14)27-2/h3-9H,18H2,1-2H3,(H,19,23). The molecule has 27 heavy (non-hydrogen) atoms. The number of nitrogens with two attached hydrogens (primary N) is 1. The number of anilines is 3. The Balaban J connectivity index is 2.33. The van der Waals surface area contributed by atoms with Crippen LogP contribution in [0.3, 0.4) is 0 Å². The van der Waals surface area contributed by atoms with Crippen molar-refractivity contribution in [2.75, 3.05) is 23.1 Å². The highest BCUT2D eigenvalue weighted by molar-refractivity contribution is 6.48. The third-order valence-electron chi connectivity index (χ3n) is 3.48. The van der Waals surface area contributed by atoms with E-state index in [9.17, 15) is 24.5 Å². The Bertz CT molecular complexity index is 927. The fourth-order valence-electron chi connectivity index (χ4n) is 2.29. The van der Waals surface area contributed by atoms with Crippen molar-refractivity contribution in [1.29, 1.82) is 0 Å². The number of nitrogen functional groups attached to an aromatic ring is 1. The molecule has 0 unspecified atom stereocenters. The average Bonchev–Trinajstić information content (AvgIpc) is 2.61. The number of carbonyl (C=O) groups is 3. The Morgan fingerprint density at radius 1 is 1.19 bits per heavy atom. The molecule has 0 atom stereocenters. The van der Waals surface area contributed by atoms with Crippen LogP contribution in [0.4, 0.5) is 22.7 Å². The second-order valence-corrected chi connectivity index (χ2v) is 5.35. The lowest BCUT2D eigenvalue weighted by atomic mass is 10.2. The van der Waals surface area contributed by atoms with Gasteiger partial charge in [-0.15, -0.1) is 0 Å². The number of hydrogen-bond acceptors (Lipinski definition) is 7. The van der Waals surface area contributed by atoms with Crippen LogP contribution in [0.5, 0.6) is 5.75 Å². The van der Waals surface area contributed by atoms with Crippen LogP contribution in [0.1, 0.15) is 6.92 Å². The number of carbonyl (C=O) groups excluding carboxylic acids is 3. The molecule has 0 saturated carbocycles. The first kappa shape index (κ1) is 19.4. The third kappa shape index (κ3) is 4.37. The molecule has 2 rings (SSSR count). The van der Waals surface area contributed by atoms with Crippen LogP contribution in [0.2, 0.25) is 0 Å². The highest BCUT2D eigenvalue weighted by Gasteiger charge is 2.28. The first-order chi connectivity index (χ1) is 12.7. The molecule has 0 radical (unpaired) electrons. The molecule has 0 saturated heterocycles. The van der Waals surface area contributed by atoms with E-state index in [4.69, 9.17) is 10.5 Å². The van der Waals surface area contributed by atoms with Crippen LogP contribution in [0.15, 0.2) is 42.5 Å². The largest absolute Gasteiger partial charge is 0.495 e. The molecule has 0 spiro atoms. The molecule has 2 aromatic rings. The lowest BCUT2D eigenvalue weighted by molar-refractivity contribution is -0.384. The van der Waals surface area contributed by atoms with E-state index in [-0.39, 0.29) is 22.8 Å². The van der Waals surface area contributed by atoms with Crippen molar-refractivity contribution in [2.45, 2.75) is 6.92 Å². The summed E-state index contributed by atoms with van der Waals surface area (Å²) in [5, 5.41) is 13.1. The summed E-state index contributed by atoms with van der Waals surface area (Å²) in [5.41, 5.74) is 5.68. The van der Waals surface area contributed by atoms with Gasteiger partial charge in [0.2, 0.25) is 5.91 Å². The van der Waals surface area contributed by atoms with Gasteiger partial charge >= 0.3 is 11.8 Å². The lowest BCUT2D eigenvalue weighted by Crippen LogP contribution is -2.42. The van der Waals surface area contributed by atoms with Crippen LogP contribution < -0.4 is 20.7 Å². The highest BCUT2D eigenvalue weighted by atomic mass is 16.6. The lowest BCUT2D eigenvalue weighted by Gasteiger charge is -2.19. The number of nitro groups is 1. The summed E-state index contributed by atoms with van der Waals surface area (Å²) in [4.78, 5) is 47.6. The maximum Gasteiger partial charge on any atom is 0.323 e. The predicted octanol–water partition coefficient (Wildman–Crippen LogP) is 1.70. The van der Waals surface area contributed by atoms with Gasteiger partial charge in [0.25, 0.3) is 5.69 Å². The fourth-order valence-corrected chi connectivity index (χ4v) is 2.29. The maximum absolute atomic E-state index is 12.5. The second kappa shape index (κ2) is 7.95. The zero-order chi connectivity index (χ0) is 20.1. The van der Waals surface area contributed by atoms with E-state index in [0.29, 0.717) is 10.6 Å². The number of hydrogen-bond donors (Lipinski definition) is 2. The van der Waals surface area contributed by atoms with E-state index >= 15 is 0 Å². The second-order valence-electron chi connectivity index (χ2n) is 5.35. The van der Waals surface area contributed by atoms with Crippen LogP contribution in [0, 0.1) is 10.1 Å². The third-order valence-corrected chi connectivity index (χ3v) is 3.48. The Labute approximate surface area is 153 Å². The quantitative estimate of drug-likeness (QED) is 0.359. The molecule has 3 amide bonds. The van der Waals surface area contributed by atoms with Crippen LogP contribution in [-0.4, -0.2) is 29.8 Å². The highest BCUT2D eigenvalue weighted by Crippen LogP contribution is 2.29. The normalized spacial score (nSPS) is 10.0. The van der Waals surface area contributed by atoms with E-state index in [1.54, 1.807) is 6.07 Å². The molecule has 0 aromatic heterocycles. The number of benzene rings is 2. The van der Waals surface area contributed by atoms with E-state index < -0.39 is 22.6 Å². The van der Waals surface area contributed by atoms with Gasteiger partial charge in [0, 0.05) is 24.7 Å². The van der Waals surface area contributed by atoms with Gasteiger partial charge in [-0.05, 0) is 24.3 Å². The van der Waals surface area contributed by atoms with Gasteiger partial charge in [0.15, 0.2) is 0 Å². The molecule has 0 aliphatic carbocycles. The van der Waals surface area contributed by atoms with Crippen molar-refractivity contribution in [1.82, 2.24) is 0 Å². The number of nitrogens with zero attached hydrogens (tertiary/aromatic N) is 2. The van der Waals surface area contributed by atoms with Crippen LogP contribution >= 0.6 is 0 Å². The van der Waals surface area contributed by atoms with Crippen molar-refractivity contribution in [3.8, 4) is 5.75 Å². The molecular weight excluding hydrogens is 356 g/mol. The van der Waals surface area contributed by atoms with Crippen molar-refractivity contribution >= 4 is 40.5 Å². The SMILES string of the molecule is COc1ccc([N+](=O)[O-])cc1NC(=O)C(=O)N(C(C)=O)c1cccc(N)c1. The summed E-state index contributed by atoms with van der Waals surface area (Å²) in [6, 6.07) is 9.39. The number of amides is 3. The van der Waals surface area contributed by atoms with Gasteiger partial charge < -0.3 is 15.8 Å². The summed E-state index contributed by atoms with van der Waals surface area (Å²) < 4.78 is 5.02. The summed E-state index contributed by atoms with van der Waals surface area (Å²) in [6.45, 7) is 1.11. The number of nitrogens with one attached hydrogen (secondary N) is 1. The molecule has 0 aliphatic heterocycles. The zero-order valence-electron chi connectivity index (χ0n) is 14.5. The predicted molar refractivity (Wildman–Crippen MR) is 97.3 cm³/mol. The summed E-state index contributed by atoms with van der Waals surface area (Å²) >= 11 is 0. The minimum Gasteiger partial charge on any atom is -0.495 e. The molecule has 0 heterocycles. The van der Waals surface area contributed by atoms with Gasteiger partial charge in [-0.3, -0.25) is 24.5 Å². The Kier molecular flexibility index (Phi) is 5.71. The number of nitro benzene ring substituents is 1. The number of imide groups is 1. The summed E-state index contributed by atoms with van der Waals surface area (Å²) in [7, 11) is 1.30. The number of ether oxygens (including phenoxy) is 1.